The summed E-state index contributed by atoms with van der Waals surface area (Å²) >= 11 is 0. The molecule has 0 radical (unpaired) electrons. The second kappa shape index (κ2) is 8.07. The van der Waals surface area contributed by atoms with E-state index in [2.05, 4.69) is 9.56 Å². The van der Waals surface area contributed by atoms with Crippen LogP contribution in [0, 0.1) is 0 Å². The van der Waals surface area contributed by atoms with Gasteiger partial charge in [-0.1, -0.05) is 6.42 Å². The number of unbranched alkanes of at least 4 members (excludes halogenated alkanes) is 2. The van der Waals surface area contributed by atoms with E-state index < -0.39 is 14.2 Å². The monoisotopic (exact) mass is 210 g/mol. The maximum atomic E-state index is 10.7. The van der Waals surface area contributed by atoms with Crippen molar-refractivity contribution in [3.05, 3.63) is 0 Å². The van der Waals surface area contributed by atoms with Gasteiger partial charge in [0.25, 0.3) is 0 Å². The molecule has 3 N–H and O–H groups in total. The van der Waals surface area contributed by atoms with Crippen molar-refractivity contribution >= 4 is 14.2 Å². The van der Waals surface area contributed by atoms with Gasteiger partial charge in [0.2, 0.25) is 0 Å². The average Bonchev–Trinajstić information content (AvgIpc) is 2.09. The first-order valence-corrected chi connectivity index (χ1v) is 5.03. The van der Waals surface area contributed by atoms with Crippen LogP contribution in [0.1, 0.15) is 25.7 Å². The Hall–Kier alpha value is -0.550. The van der Waals surface area contributed by atoms with Gasteiger partial charge in [0, 0.05) is 11.0 Å². The zero-order chi connectivity index (χ0) is 10.1. The van der Waals surface area contributed by atoms with Gasteiger partial charge < -0.3 is 5.73 Å². The molecule has 0 aromatic heterocycles. The van der Waals surface area contributed by atoms with Crippen LogP contribution in [0.25, 0.3) is 0 Å². The number of rotatable bonds is 7. The van der Waals surface area contributed by atoms with Crippen LogP contribution in [0.4, 0.5) is 0 Å². The fraction of sp³-hybridized carbons (Fsp3) is 0.833. The Bertz CT molecular complexity index is 174. The Kier molecular flexibility index (Phi) is 7.73. The molecule has 1 atom stereocenters. The van der Waals surface area contributed by atoms with E-state index in [1.165, 1.54) is 0 Å². The Morgan fingerprint density at radius 1 is 1.38 bits per heavy atom. The number of nitrogens with two attached hydrogens (primary N) is 1. The molecular formula is C6H13NO5P+. The lowest BCUT2D eigenvalue weighted by molar-refractivity contribution is -0.214. The van der Waals surface area contributed by atoms with Crippen molar-refractivity contribution in [1.29, 1.82) is 0 Å². The van der Waals surface area contributed by atoms with E-state index >= 15 is 0 Å². The van der Waals surface area contributed by atoms with E-state index in [0.717, 1.165) is 12.8 Å². The van der Waals surface area contributed by atoms with Crippen LogP contribution in [0.3, 0.4) is 0 Å². The van der Waals surface area contributed by atoms with Crippen LogP contribution in [0.5, 0.6) is 0 Å². The van der Waals surface area contributed by atoms with E-state index in [-0.39, 0.29) is 6.42 Å². The van der Waals surface area contributed by atoms with Crippen molar-refractivity contribution in [1.82, 2.24) is 0 Å². The molecule has 0 aromatic carbocycles. The molecule has 13 heavy (non-hydrogen) atoms. The molecule has 76 valence electrons. The molecule has 6 nitrogen and oxygen atoms in total. The van der Waals surface area contributed by atoms with E-state index in [1.54, 1.807) is 0 Å². The molecule has 0 spiro atoms. The van der Waals surface area contributed by atoms with Crippen LogP contribution < -0.4 is 5.73 Å². The second-order valence-corrected chi connectivity index (χ2v) is 2.99. The Morgan fingerprint density at radius 3 is 2.62 bits per heavy atom. The Labute approximate surface area is 76.9 Å². The van der Waals surface area contributed by atoms with Crippen molar-refractivity contribution < 1.29 is 23.8 Å². The van der Waals surface area contributed by atoms with E-state index in [4.69, 9.17) is 10.6 Å². The van der Waals surface area contributed by atoms with Crippen molar-refractivity contribution in [3.8, 4) is 0 Å². The third-order valence-corrected chi connectivity index (χ3v) is 1.48. The van der Waals surface area contributed by atoms with Crippen molar-refractivity contribution in [2.75, 3.05) is 6.54 Å². The van der Waals surface area contributed by atoms with Gasteiger partial charge in [-0.3, -0.25) is 4.89 Å². The zero-order valence-corrected chi connectivity index (χ0v) is 8.03. The second-order valence-electron chi connectivity index (χ2n) is 2.37. The standard InChI is InChI=1S/C6H12NO5P/c7-5-3-1-2-4-6(8)11-12-13(9)10/h1-5,7H2/p+1. The van der Waals surface area contributed by atoms with Gasteiger partial charge in [-0.05, 0) is 19.4 Å². The van der Waals surface area contributed by atoms with Gasteiger partial charge in [0.05, 0.1) is 0 Å². The van der Waals surface area contributed by atoms with Gasteiger partial charge >= 0.3 is 14.2 Å². The third-order valence-electron chi connectivity index (χ3n) is 1.28. The molecule has 0 aromatic rings. The highest BCUT2D eigenvalue weighted by Gasteiger charge is 2.17. The lowest BCUT2D eigenvalue weighted by Crippen LogP contribution is -2.03. The summed E-state index contributed by atoms with van der Waals surface area (Å²) in [5.74, 6) is -0.644. The SMILES string of the molecule is NCCCCCC(=O)OO[P+](=O)O. The topological polar surface area (TPSA) is 98.9 Å². The summed E-state index contributed by atoms with van der Waals surface area (Å²) in [6.45, 7) is 0.591. The molecule has 0 amide bonds. The fourth-order valence-corrected chi connectivity index (χ4v) is 0.852. The lowest BCUT2D eigenvalue weighted by atomic mass is 10.2. The Balaban J connectivity index is 3.25. The minimum atomic E-state index is -2.87. The molecule has 0 rings (SSSR count). The van der Waals surface area contributed by atoms with Gasteiger partial charge in [-0.15, -0.1) is 4.89 Å². The molecule has 0 heterocycles. The minimum Gasteiger partial charge on any atom is -0.330 e. The first-order chi connectivity index (χ1) is 6.16. The number of carbonyl (C=O) groups excluding carboxylic acids is 1. The lowest BCUT2D eigenvalue weighted by Gasteiger charge is -1.95. The number of hydrogen-bond donors (Lipinski definition) is 2. The molecular weight excluding hydrogens is 197 g/mol. The average molecular weight is 210 g/mol. The third kappa shape index (κ3) is 9.36. The predicted molar refractivity (Wildman–Crippen MR) is 44.5 cm³/mol. The van der Waals surface area contributed by atoms with E-state index in [1.807, 2.05) is 0 Å². The smallest absolute Gasteiger partial charge is 0.330 e. The van der Waals surface area contributed by atoms with E-state index in [0.29, 0.717) is 13.0 Å². The summed E-state index contributed by atoms with van der Waals surface area (Å²) in [6.07, 6.45) is 2.49. The van der Waals surface area contributed by atoms with Crippen LogP contribution >= 0.6 is 8.25 Å². The molecule has 1 unspecified atom stereocenters. The maximum Gasteiger partial charge on any atom is 0.736 e. The van der Waals surface area contributed by atoms with Crippen LogP contribution in [0.15, 0.2) is 0 Å². The highest BCUT2D eigenvalue weighted by atomic mass is 31.1. The fourth-order valence-electron chi connectivity index (χ4n) is 0.706. The van der Waals surface area contributed by atoms with Gasteiger partial charge in [0.15, 0.2) is 0 Å². The molecule has 0 bridgehead atoms. The molecule has 0 saturated heterocycles. The number of hydrogen-bond acceptors (Lipinski definition) is 5. The summed E-state index contributed by atoms with van der Waals surface area (Å²) in [5, 5.41) is 0. The highest BCUT2D eigenvalue weighted by Crippen LogP contribution is 2.15. The van der Waals surface area contributed by atoms with Crippen molar-refractivity contribution in [2.45, 2.75) is 25.7 Å². The quantitative estimate of drug-likeness (QED) is 0.277. The first kappa shape index (κ1) is 12.4. The normalized spacial score (nSPS) is 11.1. The minimum absolute atomic E-state index is 0.170. The van der Waals surface area contributed by atoms with Gasteiger partial charge in [0.1, 0.15) is 4.67 Å². The zero-order valence-electron chi connectivity index (χ0n) is 7.14. The maximum absolute atomic E-state index is 10.7. The van der Waals surface area contributed by atoms with Crippen LogP contribution in [0.2, 0.25) is 0 Å². The molecule has 0 saturated carbocycles. The van der Waals surface area contributed by atoms with Gasteiger partial charge in [-0.25, -0.2) is 4.79 Å². The summed E-state index contributed by atoms with van der Waals surface area (Å²) in [5.41, 5.74) is 5.23. The van der Waals surface area contributed by atoms with E-state index in [9.17, 15) is 9.36 Å². The van der Waals surface area contributed by atoms with Crippen LogP contribution in [-0.2, 0) is 18.9 Å². The largest absolute Gasteiger partial charge is 0.736 e. The summed E-state index contributed by atoms with van der Waals surface area (Å²) in [6, 6.07) is 0. The molecule has 0 aliphatic carbocycles. The van der Waals surface area contributed by atoms with Gasteiger partial charge in [-0.2, -0.15) is 0 Å². The predicted octanol–water partition coefficient (Wildman–Crippen LogP) is 0.630. The summed E-state index contributed by atoms with van der Waals surface area (Å²) in [4.78, 5) is 22.8. The summed E-state index contributed by atoms with van der Waals surface area (Å²) in [7, 11) is -2.87. The van der Waals surface area contributed by atoms with Crippen molar-refractivity contribution in [2.24, 2.45) is 5.73 Å². The number of carbonyl (C=O) groups is 1. The highest BCUT2D eigenvalue weighted by molar-refractivity contribution is 7.31. The first-order valence-electron chi connectivity index (χ1n) is 3.90. The Morgan fingerprint density at radius 2 is 2.08 bits per heavy atom. The summed E-state index contributed by atoms with van der Waals surface area (Å²) < 4.78 is 13.7. The van der Waals surface area contributed by atoms with Crippen molar-refractivity contribution in [3.63, 3.8) is 0 Å². The molecule has 0 fully saturated rings. The van der Waals surface area contributed by atoms with Crippen LogP contribution in [-0.4, -0.2) is 17.4 Å². The molecule has 7 heteroatoms. The molecule has 0 aliphatic heterocycles. The molecule has 0 aliphatic rings.